The Kier molecular flexibility index (Phi) is 3.96. The quantitative estimate of drug-likeness (QED) is 0.763. The zero-order valence-electron chi connectivity index (χ0n) is 14.6. The number of fused-ring (bicyclic) bond motifs is 4. The Bertz CT molecular complexity index is 863. The van der Waals surface area contributed by atoms with Crippen LogP contribution in [0.15, 0.2) is 41.3 Å². The molecule has 0 saturated carbocycles. The molecular formula is C20H22N2OS2. The number of methoxy groups -OCH3 is 1. The Morgan fingerprint density at radius 2 is 2.12 bits per heavy atom. The highest BCUT2D eigenvalue weighted by Crippen LogP contribution is 2.55. The molecule has 2 unspecified atom stereocenters. The zero-order valence-corrected chi connectivity index (χ0v) is 16.3. The number of rotatable bonds is 2. The van der Waals surface area contributed by atoms with Crippen molar-refractivity contribution in [2.24, 2.45) is 11.7 Å². The summed E-state index contributed by atoms with van der Waals surface area (Å²) < 4.78 is 5.58. The Morgan fingerprint density at radius 3 is 2.84 bits per heavy atom. The third-order valence-electron chi connectivity index (χ3n) is 5.61. The molecule has 130 valence electrons. The summed E-state index contributed by atoms with van der Waals surface area (Å²) in [5, 5.41) is 3.78. The van der Waals surface area contributed by atoms with Gasteiger partial charge in [-0.25, -0.2) is 0 Å². The molecule has 0 fully saturated rings. The molecule has 3 N–H and O–H groups in total. The van der Waals surface area contributed by atoms with Gasteiger partial charge >= 0.3 is 0 Å². The van der Waals surface area contributed by atoms with E-state index in [4.69, 9.17) is 22.7 Å². The molecule has 0 bridgehead atoms. The fourth-order valence-electron chi connectivity index (χ4n) is 4.11. The molecule has 0 amide bonds. The number of hydrogen-bond donors (Lipinski definition) is 2. The van der Waals surface area contributed by atoms with Crippen molar-refractivity contribution in [1.82, 2.24) is 0 Å². The Labute approximate surface area is 158 Å². The topological polar surface area (TPSA) is 47.3 Å². The van der Waals surface area contributed by atoms with E-state index in [-0.39, 0.29) is 11.5 Å². The van der Waals surface area contributed by atoms with Crippen molar-refractivity contribution < 1.29 is 4.74 Å². The molecule has 0 radical (unpaired) electrons. The molecule has 4 rings (SSSR count). The van der Waals surface area contributed by atoms with E-state index in [1.807, 2.05) is 23.9 Å². The number of thioether (sulfide) groups is 1. The van der Waals surface area contributed by atoms with Crippen molar-refractivity contribution in [3.8, 4) is 5.75 Å². The van der Waals surface area contributed by atoms with Crippen molar-refractivity contribution >= 4 is 34.7 Å². The second-order valence-corrected chi connectivity index (χ2v) is 8.73. The number of nitrogens with two attached hydrogens (primary N) is 1. The first-order valence-electron chi connectivity index (χ1n) is 8.44. The van der Waals surface area contributed by atoms with E-state index in [0.717, 1.165) is 17.1 Å². The smallest absolute Gasteiger partial charge is 0.132 e. The molecule has 25 heavy (non-hydrogen) atoms. The average molecular weight is 371 g/mol. The van der Waals surface area contributed by atoms with Crippen LogP contribution in [0.25, 0.3) is 0 Å². The van der Waals surface area contributed by atoms with Crippen LogP contribution in [0.5, 0.6) is 5.75 Å². The van der Waals surface area contributed by atoms with E-state index in [1.165, 1.54) is 21.7 Å². The van der Waals surface area contributed by atoms with Crippen molar-refractivity contribution in [2.75, 3.05) is 18.2 Å². The van der Waals surface area contributed by atoms with E-state index in [2.05, 4.69) is 43.4 Å². The van der Waals surface area contributed by atoms with Crippen LogP contribution in [-0.2, 0) is 5.41 Å². The minimum Gasteiger partial charge on any atom is -0.496 e. The molecule has 2 aromatic carbocycles. The Hall–Kier alpha value is -1.72. The highest BCUT2D eigenvalue weighted by molar-refractivity contribution is 7.99. The van der Waals surface area contributed by atoms with Gasteiger partial charge in [0, 0.05) is 22.9 Å². The lowest BCUT2D eigenvalue weighted by atomic mass is 9.66. The molecule has 5 heteroatoms. The second kappa shape index (κ2) is 5.92. The van der Waals surface area contributed by atoms with Gasteiger partial charge in [0.15, 0.2) is 0 Å². The molecule has 0 aromatic heterocycles. The van der Waals surface area contributed by atoms with Crippen molar-refractivity contribution in [2.45, 2.75) is 30.2 Å². The van der Waals surface area contributed by atoms with E-state index in [9.17, 15) is 0 Å². The molecule has 0 aliphatic carbocycles. The predicted molar refractivity (Wildman–Crippen MR) is 109 cm³/mol. The van der Waals surface area contributed by atoms with Gasteiger partial charge in [0.1, 0.15) is 10.7 Å². The van der Waals surface area contributed by atoms with Gasteiger partial charge in [0.25, 0.3) is 0 Å². The Balaban J connectivity index is 1.84. The summed E-state index contributed by atoms with van der Waals surface area (Å²) in [4.78, 5) is 1.71. The molecule has 2 aliphatic heterocycles. The maximum atomic E-state index is 5.86. The van der Waals surface area contributed by atoms with Gasteiger partial charge in [-0.3, -0.25) is 0 Å². The lowest BCUT2D eigenvalue weighted by Crippen LogP contribution is -2.44. The third kappa shape index (κ3) is 2.52. The van der Waals surface area contributed by atoms with Crippen LogP contribution in [0.1, 0.15) is 36.6 Å². The van der Waals surface area contributed by atoms with Crippen LogP contribution in [-0.4, -0.2) is 17.9 Å². The number of ether oxygens (including phenoxy) is 1. The van der Waals surface area contributed by atoms with Gasteiger partial charge in [0.05, 0.1) is 18.0 Å². The second-order valence-electron chi connectivity index (χ2n) is 7.26. The van der Waals surface area contributed by atoms with E-state index < -0.39 is 0 Å². The molecule has 2 atom stereocenters. The molecular weight excluding hydrogens is 348 g/mol. The number of hydrogen-bond acceptors (Lipinski definition) is 4. The maximum absolute atomic E-state index is 5.86. The molecule has 0 spiro atoms. The van der Waals surface area contributed by atoms with Gasteiger partial charge in [-0.15, -0.1) is 11.8 Å². The van der Waals surface area contributed by atoms with Crippen molar-refractivity contribution in [3.05, 3.63) is 53.1 Å². The van der Waals surface area contributed by atoms with Gasteiger partial charge in [0.2, 0.25) is 0 Å². The van der Waals surface area contributed by atoms with Crippen LogP contribution in [0.4, 0.5) is 5.69 Å². The molecule has 2 aliphatic rings. The zero-order chi connectivity index (χ0) is 17.8. The van der Waals surface area contributed by atoms with Gasteiger partial charge in [-0.1, -0.05) is 38.2 Å². The average Bonchev–Trinajstić information content (AvgIpc) is 2.60. The first-order chi connectivity index (χ1) is 11.9. The van der Waals surface area contributed by atoms with Crippen molar-refractivity contribution in [1.29, 1.82) is 0 Å². The molecule has 3 nitrogen and oxygen atoms in total. The Morgan fingerprint density at radius 1 is 1.32 bits per heavy atom. The summed E-state index contributed by atoms with van der Waals surface area (Å²) in [7, 11) is 1.74. The largest absolute Gasteiger partial charge is 0.496 e. The summed E-state index contributed by atoms with van der Waals surface area (Å²) in [6.45, 7) is 4.67. The molecule has 2 aromatic rings. The van der Waals surface area contributed by atoms with Crippen LogP contribution in [0, 0.1) is 5.92 Å². The van der Waals surface area contributed by atoms with Crippen LogP contribution >= 0.6 is 24.0 Å². The normalized spacial score (nSPS) is 22.8. The highest BCUT2D eigenvalue weighted by atomic mass is 32.2. The van der Waals surface area contributed by atoms with Crippen LogP contribution in [0.3, 0.4) is 0 Å². The first-order valence-corrected chi connectivity index (χ1v) is 9.83. The summed E-state index contributed by atoms with van der Waals surface area (Å²) in [6, 6.07) is 12.9. The summed E-state index contributed by atoms with van der Waals surface area (Å²) in [5.41, 5.74) is 10.6. The van der Waals surface area contributed by atoms with Crippen molar-refractivity contribution in [3.63, 3.8) is 0 Å². The van der Waals surface area contributed by atoms with Crippen LogP contribution < -0.4 is 15.8 Å². The fourth-order valence-corrected chi connectivity index (χ4v) is 5.84. The maximum Gasteiger partial charge on any atom is 0.132 e. The van der Waals surface area contributed by atoms with Gasteiger partial charge in [-0.2, -0.15) is 0 Å². The SMILES string of the molecule is COc1cccc2c1SCC1C2Nc2ccc(C(N)=S)cc2C1(C)C. The first kappa shape index (κ1) is 16.7. The monoisotopic (exact) mass is 370 g/mol. The van der Waals surface area contributed by atoms with Gasteiger partial charge < -0.3 is 15.8 Å². The lowest BCUT2D eigenvalue weighted by molar-refractivity contribution is 0.291. The number of nitrogens with one attached hydrogen (secondary N) is 1. The fraction of sp³-hybridized carbons (Fsp3) is 0.350. The highest BCUT2D eigenvalue weighted by Gasteiger charge is 2.46. The summed E-state index contributed by atoms with van der Waals surface area (Å²) in [5.74, 6) is 2.50. The van der Waals surface area contributed by atoms with Crippen LogP contribution in [0.2, 0.25) is 0 Å². The summed E-state index contributed by atoms with van der Waals surface area (Å²) >= 11 is 7.07. The number of anilines is 1. The minimum absolute atomic E-state index is 0.0276. The van der Waals surface area contributed by atoms with E-state index >= 15 is 0 Å². The third-order valence-corrected chi connectivity index (χ3v) is 7.10. The standard InChI is InChI=1S/C20H22N2OS2/c1-20(2)13-9-11(19(21)24)7-8-15(13)22-17-12-5-4-6-16(23-3)18(12)25-10-14(17)20/h4-9,14,17,22H,10H2,1-3H3,(H2,21,24). The van der Waals surface area contributed by atoms with E-state index in [0.29, 0.717) is 10.9 Å². The lowest BCUT2D eigenvalue weighted by Gasteiger charge is -2.49. The molecule has 0 saturated heterocycles. The number of thiocarbonyl (C=S) groups is 1. The minimum atomic E-state index is 0.0276. The molecule has 2 heterocycles. The number of benzene rings is 2. The van der Waals surface area contributed by atoms with Gasteiger partial charge in [-0.05, 0) is 40.8 Å². The summed E-state index contributed by atoms with van der Waals surface area (Å²) in [6.07, 6.45) is 0. The van der Waals surface area contributed by atoms with E-state index in [1.54, 1.807) is 7.11 Å². The predicted octanol–water partition coefficient (Wildman–Crippen LogP) is 4.50.